The maximum absolute atomic E-state index is 12.8. The quantitative estimate of drug-likeness (QED) is 0.125. The fourth-order valence-corrected chi connectivity index (χ4v) is 4.90. The highest BCUT2D eigenvalue weighted by Gasteiger charge is 2.51. The Morgan fingerprint density at radius 3 is 2.00 bits per heavy atom. The molecule has 2 aromatic carbocycles. The van der Waals surface area contributed by atoms with E-state index in [0.29, 0.717) is 0 Å². The van der Waals surface area contributed by atoms with Crippen LogP contribution >= 0.6 is 0 Å². The number of phenols is 3. The standard InChI is InChI=1S/C27H30O16/c28-7-17-20(34)22(36)24(38)26(41-17)43-25-23(37)21(35)18(8-29)42-27(25)39-10-4-13(32)19-14(33)6-15(40-16(19)5-10)9-1-2-11(30)12(31)3-9/h1-6,17-18,20-32,34-38H,7-8H2/t17-,18-,20+,21+,22+,23+,24-,25-,26?,27-/m1/s1. The van der Waals surface area contributed by atoms with Crippen LogP contribution in [-0.4, -0.2) is 126 Å². The van der Waals surface area contributed by atoms with Crippen LogP contribution in [0, 0.1) is 0 Å². The highest BCUT2D eigenvalue weighted by Crippen LogP contribution is 2.36. The Morgan fingerprint density at radius 2 is 1.35 bits per heavy atom. The van der Waals surface area contributed by atoms with Crippen molar-refractivity contribution in [1.82, 2.24) is 0 Å². The lowest BCUT2D eigenvalue weighted by Gasteiger charge is -2.45. The van der Waals surface area contributed by atoms with Gasteiger partial charge in [0.1, 0.15) is 71.0 Å². The van der Waals surface area contributed by atoms with Gasteiger partial charge in [0, 0.05) is 23.8 Å². The minimum atomic E-state index is -1.88. The molecule has 1 aromatic heterocycles. The second kappa shape index (κ2) is 12.2. The molecule has 2 saturated heterocycles. The van der Waals surface area contributed by atoms with Crippen LogP contribution in [0.25, 0.3) is 22.3 Å². The molecule has 0 radical (unpaired) electrons. The second-order valence-corrected chi connectivity index (χ2v) is 10.1. The van der Waals surface area contributed by atoms with Gasteiger partial charge in [0.25, 0.3) is 0 Å². The molecule has 3 aromatic rings. The van der Waals surface area contributed by atoms with Crippen molar-refractivity contribution < 1.29 is 74.4 Å². The number of aliphatic hydroxyl groups excluding tert-OH is 7. The normalized spacial score (nSPS) is 33.0. The summed E-state index contributed by atoms with van der Waals surface area (Å²) in [5.74, 6) is -1.71. The summed E-state index contributed by atoms with van der Waals surface area (Å²) < 4.78 is 28.1. The van der Waals surface area contributed by atoms with Gasteiger partial charge in [-0.1, -0.05) is 0 Å². The molecule has 0 saturated carbocycles. The third kappa shape index (κ3) is 5.85. The monoisotopic (exact) mass is 610 g/mol. The molecule has 3 heterocycles. The Labute approximate surface area is 241 Å². The zero-order valence-corrected chi connectivity index (χ0v) is 22.1. The first-order valence-electron chi connectivity index (χ1n) is 13.0. The van der Waals surface area contributed by atoms with Crippen molar-refractivity contribution in [3.05, 3.63) is 46.6 Å². The summed E-state index contributed by atoms with van der Waals surface area (Å²) in [5, 5.41) is 101. The van der Waals surface area contributed by atoms with Gasteiger partial charge < -0.3 is 74.4 Å². The van der Waals surface area contributed by atoms with Crippen molar-refractivity contribution >= 4 is 11.0 Å². The Kier molecular flexibility index (Phi) is 8.77. The summed E-state index contributed by atoms with van der Waals surface area (Å²) >= 11 is 0. The summed E-state index contributed by atoms with van der Waals surface area (Å²) in [5.41, 5.74) is -0.636. The lowest BCUT2D eigenvalue weighted by Crippen LogP contribution is -2.65. The van der Waals surface area contributed by atoms with Gasteiger partial charge in [-0.2, -0.15) is 0 Å². The summed E-state index contributed by atoms with van der Waals surface area (Å²) in [6, 6.07) is 6.97. The van der Waals surface area contributed by atoms with Crippen LogP contribution in [0.3, 0.4) is 0 Å². The lowest BCUT2D eigenvalue weighted by molar-refractivity contribution is -0.357. The predicted molar refractivity (Wildman–Crippen MR) is 140 cm³/mol. The van der Waals surface area contributed by atoms with E-state index in [2.05, 4.69) is 0 Å². The summed E-state index contributed by atoms with van der Waals surface area (Å²) in [7, 11) is 0. The molecule has 2 aliphatic rings. The van der Waals surface area contributed by atoms with Crippen LogP contribution in [0.1, 0.15) is 0 Å². The number of benzene rings is 2. The summed E-state index contributed by atoms with van der Waals surface area (Å²) in [4.78, 5) is 12.8. The maximum Gasteiger partial charge on any atom is 0.229 e. The van der Waals surface area contributed by atoms with Crippen LogP contribution in [0.2, 0.25) is 0 Å². The molecule has 0 spiro atoms. The highest BCUT2D eigenvalue weighted by atomic mass is 16.8. The van der Waals surface area contributed by atoms with E-state index in [1.807, 2.05) is 0 Å². The van der Waals surface area contributed by atoms with E-state index >= 15 is 0 Å². The molecule has 5 rings (SSSR count). The number of aromatic hydroxyl groups is 3. The highest BCUT2D eigenvalue weighted by molar-refractivity contribution is 5.86. The molecule has 234 valence electrons. The van der Waals surface area contributed by atoms with E-state index in [9.17, 15) is 55.9 Å². The van der Waals surface area contributed by atoms with E-state index < -0.39 is 97.3 Å². The molecular formula is C27H30O16. The van der Waals surface area contributed by atoms with Crippen LogP contribution in [0.15, 0.2) is 45.6 Å². The average Bonchev–Trinajstić information content (AvgIpc) is 2.97. The zero-order chi connectivity index (χ0) is 31.2. The number of phenolic OH excluding ortho intramolecular Hbond substituents is 3. The van der Waals surface area contributed by atoms with E-state index in [-0.39, 0.29) is 28.0 Å². The fraction of sp³-hybridized carbons (Fsp3) is 0.444. The number of hydrogen-bond donors (Lipinski definition) is 10. The van der Waals surface area contributed by atoms with E-state index in [1.165, 1.54) is 18.2 Å². The van der Waals surface area contributed by atoms with Gasteiger partial charge in [0.2, 0.25) is 6.29 Å². The average molecular weight is 611 g/mol. The molecule has 10 N–H and O–H groups in total. The molecule has 0 amide bonds. The number of rotatable bonds is 7. The van der Waals surface area contributed by atoms with Crippen LogP contribution in [-0.2, 0) is 14.2 Å². The van der Waals surface area contributed by atoms with Gasteiger partial charge in [0.15, 0.2) is 29.3 Å². The Morgan fingerprint density at radius 1 is 0.698 bits per heavy atom. The second-order valence-electron chi connectivity index (χ2n) is 10.1. The first-order chi connectivity index (χ1) is 20.4. The lowest BCUT2D eigenvalue weighted by atomic mass is 9.97. The first kappa shape index (κ1) is 30.9. The van der Waals surface area contributed by atoms with Gasteiger partial charge in [-0.3, -0.25) is 4.79 Å². The van der Waals surface area contributed by atoms with Crippen molar-refractivity contribution in [2.45, 2.75) is 61.4 Å². The van der Waals surface area contributed by atoms with Crippen molar-refractivity contribution in [3.8, 4) is 34.3 Å². The Balaban J connectivity index is 1.48. The molecule has 16 heteroatoms. The molecule has 16 nitrogen and oxygen atoms in total. The third-order valence-corrected chi connectivity index (χ3v) is 7.26. The molecule has 2 fully saturated rings. The number of ether oxygens (including phenoxy) is 4. The zero-order valence-electron chi connectivity index (χ0n) is 22.1. The van der Waals surface area contributed by atoms with Crippen molar-refractivity contribution in [3.63, 3.8) is 0 Å². The predicted octanol–water partition coefficient (Wildman–Crippen LogP) is -2.42. The van der Waals surface area contributed by atoms with Gasteiger partial charge in [-0.15, -0.1) is 0 Å². The van der Waals surface area contributed by atoms with Gasteiger partial charge in [-0.25, -0.2) is 0 Å². The SMILES string of the molecule is O=c1cc(-c2ccc(O)c(O)c2)oc2cc(O[C@@H]3O[C@H](CO)[C@H](O)[C@H](O)[C@H]3OC3O[C@H](CO)[C@H](O)[C@H](O)[C@H]3O)cc(O)c12. The molecule has 0 bridgehead atoms. The number of fused-ring (bicyclic) bond motifs is 1. The number of aliphatic hydroxyl groups is 7. The van der Waals surface area contributed by atoms with Crippen molar-refractivity contribution in [2.24, 2.45) is 0 Å². The largest absolute Gasteiger partial charge is 0.507 e. The maximum atomic E-state index is 12.8. The summed E-state index contributed by atoms with van der Waals surface area (Å²) in [6.07, 6.45) is -16.9. The summed E-state index contributed by atoms with van der Waals surface area (Å²) in [6.45, 7) is -1.54. The molecule has 0 aliphatic carbocycles. The van der Waals surface area contributed by atoms with Crippen LogP contribution < -0.4 is 10.2 Å². The minimum absolute atomic E-state index is 0.0408. The molecule has 10 atom stereocenters. The number of hydrogen-bond acceptors (Lipinski definition) is 16. The first-order valence-corrected chi connectivity index (χ1v) is 13.0. The Hall–Kier alpha value is -3.55. The smallest absolute Gasteiger partial charge is 0.229 e. The third-order valence-electron chi connectivity index (χ3n) is 7.26. The van der Waals surface area contributed by atoms with E-state index in [0.717, 1.165) is 18.2 Å². The molecular weight excluding hydrogens is 580 g/mol. The van der Waals surface area contributed by atoms with E-state index in [1.54, 1.807) is 0 Å². The van der Waals surface area contributed by atoms with Gasteiger partial charge in [-0.05, 0) is 18.2 Å². The fourth-order valence-electron chi connectivity index (χ4n) is 4.90. The van der Waals surface area contributed by atoms with Crippen LogP contribution in [0.5, 0.6) is 23.0 Å². The molecule has 2 aliphatic heterocycles. The van der Waals surface area contributed by atoms with Crippen LogP contribution in [0.4, 0.5) is 0 Å². The molecule has 43 heavy (non-hydrogen) atoms. The topological polar surface area (TPSA) is 269 Å². The van der Waals surface area contributed by atoms with Crippen molar-refractivity contribution in [1.29, 1.82) is 0 Å². The van der Waals surface area contributed by atoms with Gasteiger partial charge in [0.05, 0.1) is 13.2 Å². The van der Waals surface area contributed by atoms with E-state index in [4.69, 9.17) is 23.4 Å². The molecule has 1 unspecified atom stereocenters. The minimum Gasteiger partial charge on any atom is -0.507 e. The Bertz CT molecular complexity index is 1510. The van der Waals surface area contributed by atoms with Gasteiger partial charge >= 0.3 is 0 Å². The van der Waals surface area contributed by atoms with Crippen molar-refractivity contribution in [2.75, 3.05) is 13.2 Å².